The maximum absolute atomic E-state index is 12.1. The molecule has 6 heteroatoms. The van der Waals surface area contributed by atoms with Crippen LogP contribution < -0.4 is 10.0 Å². The van der Waals surface area contributed by atoms with E-state index in [0.717, 1.165) is 30.0 Å². The lowest BCUT2D eigenvalue weighted by Crippen LogP contribution is -2.34. The second-order valence-electron chi connectivity index (χ2n) is 4.36. The Labute approximate surface area is 113 Å². The zero-order chi connectivity index (χ0) is 13.0. The Morgan fingerprint density at radius 3 is 2.61 bits per heavy atom. The largest absolute Gasteiger partial charge is 0.316 e. The smallest absolute Gasteiger partial charge is 0.240 e. The van der Waals surface area contributed by atoms with Crippen molar-refractivity contribution in [3.05, 3.63) is 29.8 Å². The van der Waals surface area contributed by atoms with Gasteiger partial charge in [-0.05, 0) is 36.9 Å². The van der Waals surface area contributed by atoms with E-state index in [1.54, 1.807) is 23.9 Å². The van der Waals surface area contributed by atoms with Crippen LogP contribution in [0.2, 0.25) is 0 Å². The molecule has 1 aliphatic heterocycles. The molecule has 1 saturated heterocycles. The second kappa shape index (κ2) is 6.06. The minimum absolute atomic E-state index is 0.0805. The predicted octanol–water partition coefficient (Wildman–Crippen LogP) is 1.19. The van der Waals surface area contributed by atoms with Gasteiger partial charge >= 0.3 is 0 Å². The van der Waals surface area contributed by atoms with Crippen molar-refractivity contribution in [3.63, 3.8) is 0 Å². The lowest BCUT2D eigenvalue weighted by molar-refractivity contribution is 0.563. The van der Waals surface area contributed by atoms with Crippen LogP contribution in [-0.2, 0) is 16.6 Å². The summed E-state index contributed by atoms with van der Waals surface area (Å²) in [4.78, 5) is 0.347. The van der Waals surface area contributed by atoms with E-state index >= 15 is 0 Å². The molecule has 0 spiro atoms. The highest BCUT2D eigenvalue weighted by Gasteiger charge is 2.22. The van der Waals surface area contributed by atoms with Gasteiger partial charge in [-0.15, -0.1) is 0 Å². The fourth-order valence-electron chi connectivity index (χ4n) is 1.91. The summed E-state index contributed by atoms with van der Waals surface area (Å²) in [6.07, 6.45) is 0.918. The van der Waals surface area contributed by atoms with Crippen LogP contribution in [0.3, 0.4) is 0 Å². The molecule has 18 heavy (non-hydrogen) atoms. The van der Waals surface area contributed by atoms with Crippen LogP contribution in [0, 0.1) is 0 Å². The molecule has 1 heterocycles. The van der Waals surface area contributed by atoms with Gasteiger partial charge in [0.2, 0.25) is 10.0 Å². The molecule has 2 N–H and O–H groups in total. The summed E-state index contributed by atoms with van der Waals surface area (Å²) in [5.74, 6) is 1.91. The number of benzene rings is 1. The first-order valence-electron chi connectivity index (χ1n) is 5.95. The van der Waals surface area contributed by atoms with Crippen molar-refractivity contribution in [2.75, 3.05) is 18.6 Å². The van der Waals surface area contributed by atoms with E-state index in [-0.39, 0.29) is 6.04 Å². The summed E-state index contributed by atoms with van der Waals surface area (Å²) >= 11 is 1.79. The standard InChI is InChI=1S/C12H18N2O2S2/c1-13-8-10-2-4-12(5-3-10)18(15,16)14-11-6-7-17-9-11/h2-5,11,13-14H,6-9H2,1H3. The minimum Gasteiger partial charge on any atom is -0.316 e. The Hall–Kier alpha value is -0.560. The summed E-state index contributed by atoms with van der Waals surface area (Å²) in [6.45, 7) is 0.743. The van der Waals surface area contributed by atoms with Crippen LogP contribution in [0.1, 0.15) is 12.0 Å². The first-order valence-corrected chi connectivity index (χ1v) is 8.59. The molecule has 1 aromatic carbocycles. The SMILES string of the molecule is CNCc1ccc(S(=O)(=O)NC2CCSC2)cc1. The second-order valence-corrected chi connectivity index (χ2v) is 7.22. The van der Waals surface area contributed by atoms with E-state index in [1.165, 1.54) is 0 Å². The molecule has 0 aliphatic carbocycles. The summed E-state index contributed by atoms with van der Waals surface area (Å²) in [5, 5.41) is 3.03. The lowest BCUT2D eigenvalue weighted by atomic mass is 10.2. The van der Waals surface area contributed by atoms with Crippen LogP contribution in [0.25, 0.3) is 0 Å². The van der Waals surface area contributed by atoms with E-state index in [0.29, 0.717) is 4.90 Å². The summed E-state index contributed by atoms with van der Waals surface area (Å²) in [6, 6.07) is 7.09. The molecule has 0 saturated carbocycles. The Balaban J connectivity index is 2.08. The first-order chi connectivity index (χ1) is 8.62. The van der Waals surface area contributed by atoms with Gasteiger partial charge in [0.1, 0.15) is 0 Å². The molecule has 1 unspecified atom stereocenters. The summed E-state index contributed by atoms with van der Waals surface area (Å²) in [7, 11) is -1.49. The summed E-state index contributed by atoms with van der Waals surface area (Å²) in [5.41, 5.74) is 1.08. The van der Waals surface area contributed by atoms with Crippen LogP contribution >= 0.6 is 11.8 Å². The zero-order valence-corrected chi connectivity index (χ0v) is 12.0. The van der Waals surface area contributed by atoms with Crippen LogP contribution in [-0.4, -0.2) is 33.0 Å². The van der Waals surface area contributed by atoms with Crippen molar-refractivity contribution < 1.29 is 8.42 Å². The highest BCUT2D eigenvalue weighted by molar-refractivity contribution is 7.99. The normalized spacial score (nSPS) is 20.2. The van der Waals surface area contributed by atoms with Gasteiger partial charge in [0.05, 0.1) is 4.90 Å². The average molecular weight is 286 g/mol. The fraction of sp³-hybridized carbons (Fsp3) is 0.500. The molecule has 1 fully saturated rings. The average Bonchev–Trinajstić information content (AvgIpc) is 2.82. The van der Waals surface area contributed by atoms with E-state index < -0.39 is 10.0 Å². The number of sulfonamides is 1. The van der Waals surface area contributed by atoms with Crippen molar-refractivity contribution >= 4 is 21.8 Å². The molecule has 0 bridgehead atoms. The topological polar surface area (TPSA) is 58.2 Å². The number of rotatable bonds is 5. The van der Waals surface area contributed by atoms with E-state index in [9.17, 15) is 8.42 Å². The zero-order valence-electron chi connectivity index (χ0n) is 10.3. The van der Waals surface area contributed by atoms with Crippen LogP contribution in [0.5, 0.6) is 0 Å². The Bertz CT molecular complexity index is 479. The Morgan fingerprint density at radius 1 is 1.33 bits per heavy atom. The van der Waals surface area contributed by atoms with E-state index in [1.807, 2.05) is 19.2 Å². The van der Waals surface area contributed by atoms with Crippen LogP contribution in [0.4, 0.5) is 0 Å². The third-order valence-electron chi connectivity index (χ3n) is 2.87. The van der Waals surface area contributed by atoms with Gasteiger partial charge in [0.15, 0.2) is 0 Å². The lowest BCUT2D eigenvalue weighted by Gasteiger charge is -2.12. The number of nitrogens with one attached hydrogen (secondary N) is 2. The first kappa shape index (κ1) is 13.9. The molecular formula is C12H18N2O2S2. The number of hydrogen-bond acceptors (Lipinski definition) is 4. The minimum atomic E-state index is -3.36. The molecular weight excluding hydrogens is 268 g/mol. The fourth-order valence-corrected chi connectivity index (χ4v) is 4.43. The monoisotopic (exact) mass is 286 g/mol. The molecule has 1 aliphatic rings. The molecule has 0 aromatic heterocycles. The Morgan fingerprint density at radius 2 is 2.06 bits per heavy atom. The van der Waals surface area contributed by atoms with Gasteiger partial charge in [0, 0.05) is 18.3 Å². The van der Waals surface area contributed by atoms with Crippen molar-refractivity contribution in [3.8, 4) is 0 Å². The molecule has 1 aromatic rings. The van der Waals surface area contributed by atoms with Crippen molar-refractivity contribution in [1.29, 1.82) is 0 Å². The highest BCUT2D eigenvalue weighted by Crippen LogP contribution is 2.19. The van der Waals surface area contributed by atoms with E-state index in [2.05, 4.69) is 10.0 Å². The molecule has 2 rings (SSSR count). The van der Waals surface area contributed by atoms with E-state index in [4.69, 9.17) is 0 Å². The third kappa shape index (κ3) is 3.47. The highest BCUT2D eigenvalue weighted by atomic mass is 32.2. The maximum atomic E-state index is 12.1. The Kier molecular flexibility index (Phi) is 4.66. The van der Waals surface area contributed by atoms with Gasteiger partial charge in [-0.3, -0.25) is 0 Å². The molecule has 100 valence electrons. The quantitative estimate of drug-likeness (QED) is 0.854. The molecule has 0 amide bonds. The molecule has 0 radical (unpaired) electrons. The van der Waals surface area contributed by atoms with Crippen molar-refractivity contribution in [2.45, 2.75) is 23.9 Å². The maximum Gasteiger partial charge on any atom is 0.240 e. The van der Waals surface area contributed by atoms with Gasteiger partial charge < -0.3 is 5.32 Å². The summed E-state index contributed by atoms with van der Waals surface area (Å²) < 4.78 is 27.0. The number of hydrogen-bond donors (Lipinski definition) is 2. The van der Waals surface area contributed by atoms with Crippen molar-refractivity contribution in [2.24, 2.45) is 0 Å². The van der Waals surface area contributed by atoms with Gasteiger partial charge in [-0.25, -0.2) is 13.1 Å². The number of thioether (sulfide) groups is 1. The third-order valence-corrected chi connectivity index (χ3v) is 5.56. The van der Waals surface area contributed by atoms with Gasteiger partial charge in [0.25, 0.3) is 0 Å². The van der Waals surface area contributed by atoms with Crippen LogP contribution in [0.15, 0.2) is 29.2 Å². The molecule has 4 nitrogen and oxygen atoms in total. The van der Waals surface area contributed by atoms with Gasteiger partial charge in [-0.2, -0.15) is 11.8 Å². The molecule has 1 atom stereocenters. The van der Waals surface area contributed by atoms with Crippen molar-refractivity contribution in [1.82, 2.24) is 10.0 Å². The predicted molar refractivity (Wildman–Crippen MR) is 75.3 cm³/mol. The van der Waals surface area contributed by atoms with Gasteiger partial charge in [-0.1, -0.05) is 12.1 Å².